The van der Waals surface area contributed by atoms with Crippen molar-refractivity contribution in [2.75, 3.05) is 13.2 Å². The molecular weight excluding hydrogens is 997 g/mol. The van der Waals surface area contributed by atoms with Crippen molar-refractivity contribution >= 4 is 47.6 Å². The molecule has 77 heavy (non-hydrogen) atoms. The highest BCUT2D eigenvalue weighted by Crippen LogP contribution is 2.64. The van der Waals surface area contributed by atoms with Crippen LogP contribution in [0.4, 0.5) is 4.79 Å². The zero-order valence-corrected chi connectivity index (χ0v) is 43.4. The standard InChI is InChI=1S/C58H62N2O17/c1-33-40(74-53(68)47(75-43(64)27-28-59-54(69)71-31-36-19-11-7-12-20-36)45(37-21-13-8-14-22-37)60-51(66)38-23-15-9-16-24-38)30-58(70)50(76-52(67)39-25-17-10-18-26-39)48-56(6,41(63)29-42-57(48,32-72-42)77-35(3)62)49(65)46(73-34(2)61)44(33)55(58,4)5/h7-26,40-42,45-48,50,63,70H,27-32H2,1-6H3,(H,59,69)(H,60,66)/t40-,41-,42+,45-,46+,47+,48-,50-,56+,57-,58+/m0/s1. The van der Waals surface area contributed by atoms with E-state index in [0.29, 0.717) is 0 Å². The summed E-state index contributed by atoms with van der Waals surface area (Å²) in [6.07, 6.45) is -12.4. The number of nitrogens with one attached hydrogen (secondary N) is 2. The maximum absolute atomic E-state index is 15.8. The molecule has 19 nitrogen and oxygen atoms in total. The Balaban J connectivity index is 1.23. The SMILES string of the molecule is CC(=O)O[C@H]1C(=O)[C@@]2(C)[C@H]([C@H](OC(=O)c3ccccc3)[C@]3(O)C[C@H](OC(=O)[C@H](OC(=O)CCNC(=O)OCc4ccccc4)[C@@H](NC(=O)c4ccccc4)c4ccccc4)C(C)=C1C3(C)C)[C@]1(OC(C)=O)CO[C@@H]1C[C@@H]2O. The van der Waals surface area contributed by atoms with Gasteiger partial charge in [-0.15, -0.1) is 0 Å². The number of esters is 5. The predicted molar refractivity (Wildman–Crippen MR) is 271 cm³/mol. The number of Topliss-reactive ketones (excluding diaryl/α,β-unsaturated/α-hetero) is 1. The molecule has 1 saturated heterocycles. The molecule has 406 valence electrons. The van der Waals surface area contributed by atoms with Gasteiger partial charge in [-0.3, -0.25) is 24.0 Å². The third-order valence-corrected chi connectivity index (χ3v) is 15.5. The summed E-state index contributed by atoms with van der Waals surface area (Å²) < 4.78 is 42.1. The number of amides is 2. The number of aliphatic hydroxyl groups is 2. The molecule has 2 bridgehead atoms. The molecule has 0 spiro atoms. The van der Waals surface area contributed by atoms with E-state index >= 15 is 9.59 Å². The minimum Gasteiger partial charge on any atom is -0.455 e. The second kappa shape index (κ2) is 22.5. The third kappa shape index (κ3) is 10.8. The molecule has 4 aromatic rings. The fraction of sp³-hybridized carbons (Fsp3) is 0.414. The first-order valence-corrected chi connectivity index (χ1v) is 25.3. The predicted octanol–water partition coefficient (Wildman–Crippen LogP) is 5.60. The average Bonchev–Trinajstić information content (AvgIpc) is 3.21. The van der Waals surface area contributed by atoms with Gasteiger partial charge in [-0.25, -0.2) is 14.4 Å². The van der Waals surface area contributed by atoms with Gasteiger partial charge in [0.25, 0.3) is 5.91 Å². The number of rotatable bonds is 16. The highest BCUT2D eigenvalue weighted by atomic mass is 16.6. The van der Waals surface area contributed by atoms with Crippen LogP contribution in [0.1, 0.15) is 98.7 Å². The first kappa shape index (κ1) is 55.5. The van der Waals surface area contributed by atoms with Crippen molar-refractivity contribution < 1.29 is 81.7 Å². The van der Waals surface area contributed by atoms with Crippen LogP contribution in [0, 0.1) is 16.7 Å². The smallest absolute Gasteiger partial charge is 0.407 e. The van der Waals surface area contributed by atoms with Crippen molar-refractivity contribution in [2.45, 2.75) is 121 Å². The Hall–Kier alpha value is -7.74. The van der Waals surface area contributed by atoms with Crippen LogP contribution in [-0.4, -0.2) is 119 Å². The van der Waals surface area contributed by atoms with Crippen LogP contribution >= 0.6 is 0 Å². The summed E-state index contributed by atoms with van der Waals surface area (Å²) in [6, 6.07) is 31.3. The van der Waals surface area contributed by atoms with Gasteiger partial charge in [-0.1, -0.05) is 111 Å². The first-order chi connectivity index (χ1) is 36.6. The lowest BCUT2D eigenvalue weighted by molar-refractivity contribution is -0.346. The van der Waals surface area contributed by atoms with E-state index in [4.69, 9.17) is 33.2 Å². The first-order valence-electron chi connectivity index (χ1n) is 25.3. The molecule has 2 saturated carbocycles. The van der Waals surface area contributed by atoms with Crippen molar-refractivity contribution in [2.24, 2.45) is 16.7 Å². The lowest BCUT2D eigenvalue weighted by Gasteiger charge is -2.67. The summed E-state index contributed by atoms with van der Waals surface area (Å²) in [5.41, 5.74) is -6.98. The van der Waals surface area contributed by atoms with E-state index in [9.17, 15) is 39.0 Å². The van der Waals surface area contributed by atoms with Crippen LogP contribution in [-0.2, 0) is 63.7 Å². The molecule has 0 radical (unpaired) electrons. The minimum atomic E-state index is -2.50. The van der Waals surface area contributed by atoms with Gasteiger partial charge in [-0.2, -0.15) is 0 Å². The quantitative estimate of drug-likeness (QED) is 0.0604. The normalized spacial score (nSPS) is 27.7. The highest BCUT2D eigenvalue weighted by Gasteiger charge is 2.78. The summed E-state index contributed by atoms with van der Waals surface area (Å²) in [4.78, 5) is 113. The Bertz CT molecular complexity index is 2920. The number of carbonyl (C=O) groups is 8. The fourth-order valence-corrected chi connectivity index (χ4v) is 11.5. The zero-order valence-electron chi connectivity index (χ0n) is 43.4. The van der Waals surface area contributed by atoms with Crippen molar-refractivity contribution in [1.82, 2.24) is 10.6 Å². The van der Waals surface area contributed by atoms with Crippen molar-refractivity contribution in [3.63, 3.8) is 0 Å². The van der Waals surface area contributed by atoms with Gasteiger partial charge < -0.3 is 54.0 Å². The molecule has 1 heterocycles. The van der Waals surface area contributed by atoms with E-state index in [2.05, 4.69) is 10.6 Å². The Morgan fingerprint density at radius 3 is 1.96 bits per heavy atom. The van der Waals surface area contributed by atoms with E-state index in [-0.39, 0.29) is 54.0 Å². The van der Waals surface area contributed by atoms with Crippen LogP contribution in [0.5, 0.6) is 0 Å². The molecule has 8 rings (SSSR count). The van der Waals surface area contributed by atoms with Gasteiger partial charge in [0.1, 0.15) is 36.6 Å². The minimum absolute atomic E-state index is 0.0280. The van der Waals surface area contributed by atoms with Crippen molar-refractivity contribution in [1.29, 1.82) is 0 Å². The Morgan fingerprint density at radius 1 is 0.779 bits per heavy atom. The molecule has 0 aromatic heterocycles. The Kier molecular flexibility index (Phi) is 16.2. The number of ketones is 1. The molecule has 4 aromatic carbocycles. The summed E-state index contributed by atoms with van der Waals surface area (Å²) in [5, 5.41) is 31.5. The molecule has 1 aliphatic heterocycles. The second-order valence-corrected chi connectivity index (χ2v) is 20.6. The molecule has 3 fully saturated rings. The molecule has 2 amide bonds. The maximum Gasteiger partial charge on any atom is 0.407 e. The summed E-state index contributed by atoms with van der Waals surface area (Å²) in [5.74, 6) is -8.24. The number of carbonyl (C=O) groups excluding carboxylic acids is 8. The van der Waals surface area contributed by atoms with Crippen molar-refractivity contribution in [3.05, 3.63) is 155 Å². The van der Waals surface area contributed by atoms with Crippen LogP contribution in [0.15, 0.2) is 132 Å². The summed E-state index contributed by atoms with van der Waals surface area (Å²) >= 11 is 0. The second-order valence-electron chi connectivity index (χ2n) is 20.6. The van der Waals surface area contributed by atoms with Crippen LogP contribution in [0.25, 0.3) is 0 Å². The summed E-state index contributed by atoms with van der Waals surface area (Å²) in [6.45, 7) is 7.42. The van der Waals surface area contributed by atoms with Crippen molar-refractivity contribution in [3.8, 4) is 0 Å². The topological polar surface area (TPSA) is 266 Å². The van der Waals surface area contributed by atoms with E-state index in [0.717, 1.165) is 19.4 Å². The number of ether oxygens (including phenoxy) is 7. The largest absolute Gasteiger partial charge is 0.455 e. The summed E-state index contributed by atoms with van der Waals surface area (Å²) in [7, 11) is 0. The van der Waals surface area contributed by atoms with Gasteiger partial charge >= 0.3 is 35.9 Å². The van der Waals surface area contributed by atoms with E-state index in [1.54, 1.807) is 91.0 Å². The van der Waals surface area contributed by atoms with Crippen LogP contribution < -0.4 is 10.6 Å². The van der Waals surface area contributed by atoms with E-state index < -0.39 is 131 Å². The van der Waals surface area contributed by atoms with E-state index in [1.165, 1.54) is 52.0 Å². The molecule has 4 N–H and O–H groups in total. The lowest BCUT2D eigenvalue weighted by atomic mass is 9.44. The van der Waals surface area contributed by atoms with Gasteiger partial charge in [0.05, 0.1) is 36.0 Å². The van der Waals surface area contributed by atoms with Gasteiger partial charge in [-0.05, 0) is 60.4 Å². The van der Waals surface area contributed by atoms with Crippen LogP contribution in [0.2, 0.25) is 0 Å². The monoisotopic (exact) mass is 1060 g/mol. The molecular formula is C58H62N2O17. The number of alkyl carbamates (subject to hydrolysis) is 1. The molecule has 3 aliphatic carbocycles. The van der Waals surface area contributed by atoms with Crippen LogP contribution in [0.3, 0.4) is 0 Å². The average molecular weight is 1060 g/mol. The molecule has 0 unspecified atom stereocenters. The van der Waals surface area contributed by atoms with Gasteiger partial charge in [0.15, 0.2) is 17.5 Å². The molecule has 19 heteroatoms. The Labute approximate surface area is 444 Å². The third-order valence-electron chi connectivity index (χ3n) is 15.5. The number of benzene rings is 4. The number of fused-ring (bicyclic) bond motifs is 5. The van der Waals surface area contributed by atoms with Gasteiger partial charge in [0, 0.05) is 44.2 Å². The lowest BCUT2D eigenvalue weighted by Crippen LogP contribution is -2.82. The van der Waals surface area contributed by atoms with Gasteiger partial charge in [0.2, 0.25) is 6.10 Å². The zero-order chi connectivity index (χ0) is 55.5. The molecule has 4 aliphatic rings. The number of hydrogen-bond acceptors (Lipinski definition) is 17. The number of hydrogen-bond donors (Lipinski definition) is 4. The van der Waals surface area contributed by atoms with E-state index in [1.807, 2.05) is 6.07 Å². The fourth-order valence-electron chi connectivity index (χ4n) is 11.5. The highest BCUT2D eigenvalue weighted by molar-refractivity contribution is 5.96. The Morgan fingerprint density at radius 2 is 1.38 bits per heavy atom. The molecule has 11 atom stereocenters. The maximum atomic E-state index is 15.8. The number of aliphatic hydroxyl groups excluding tert-OH is 1.